The molecule has 3 heterocycles. The highest BCUT2D eigenvalue weighted by Gasteiger charge is 2.50. The predicted molar refractivity (Wildman–Crippen MR) is 93.8 cm³/mol. The lowest BCUT2D eigenvalue weighted by atomic mass is 9.72. The van der Waals surface area contributed by atoms with Crippen LogP contribution in [0.3, 0.4) is 0 Å². The molecule has 0 radical (unpaired) electrons. The van der Waals surface area contributed by atoms with Gasteiger partial charge in [0, 0.05) is 24.5 Å². The van der Waals surface area contributed by atoms with Crippen molar-refractivity contribution in [3.63, 3.8) is 0 Å². The minimum atomic E-state index is -0.615. The number of fused-ring (bicyclic) bond motifs is 2. The van der Waals surface area contributed by atoms with Gasteiger partial charge in [0.2, 0.25) is 0 Å². The van der Waals surface area contributed by atoms with Crippen LogP contribution in [0.4, 0.5) is 4.79 Å². The molecule has 1 N–H and O–H groups in total. The lowest BCUT2D eigenvalue weighted by Crippen LogP contribution is -2.57. The minimum Gasteiger partial charge on any atom is -0.443 e. The molecule has 6 nitrogen and oxygen atoms in total. The second kappa shape index (κ2) is 6.47. The first-order valence-corrected chi connectivity index (χ1v) is 8.90. The molecular formula is C18H23ClN4O2. The van der Waals surface area contributed by atoms with Crippen LogP contribution in [0.5, 0.6) is 0 Å². The van der Waals surface area contributed by atoms with E-state index in [0.717, 1.165) is 18.4 Å². The molecule has 2 saturated heterocycles. The first-order valence-electron chi connectivity index (χ1n) is 8.53. The number of nitrogens with zero attached hydrogens (tertiary/aromatic N) is 3. The summed E-state index contributed by atoms with van der Waals surface area (Å²) in [7, 11) is 0. The molecule has 0 aliphatic carbocycles. The molecule has 2 aliphatic heterocycles. The number of amides is 1. The molecule has 0 saturated carbocycles. The monoisotopic (exact) mass is 362 g/mol. The van der Waals surface area contributed by atoms with E-state index in [2.05, 4.69) is 16.5 Å². The molecule has 0 aromatic carbocycles. The Hall–Kier alpha value is -1.84. The van der Waals surface area contributed by atoms with E-state index >= 15 is 0 Å². The lowest BCUT2D eigenvalue weighted by molar-refractivity contribution is 0.00634. The Morgan fingerprint density at radius 2 is 2.04 bits per heavy atom. The number of nitrogens with one attached hydrogen (secondary N) is 1. The topological polar surface area (TPSA) is 78.2 Å². The smallest absolute Gasteiger partial charge is 0.422 e. The fourth-order valence-corrected chi connectivity index (χ4v) is 4.08. The fourth-order valence-electron chi connectivity index (χ4n) is 3.90. The van der Waals surface area contributed by atoms with E-state index in [1.807, 2.05) is 31.8 Å². The van der Waals surface area contributed by atoms with E-state index in [9.17, 15) is 10.1 Å². The van der Waals surface area contributed by atoms with Gasteiger partial charge >= 0.3 is 6.09 Å². The number of rotatable bonds is 2. The predicted octanol–water partition coefficient (Wildman–Crippen LogP) is 3.56. The zero-order valence-electron chi connectivity index (χ0n) is 14.8. The van der Waals surface area contributed by atoms with Crippen LogP contribution in [0.1, 0.15) is 52.0 Å². The first-order chi connectivity index (χ1) is 11.7. The number of carbonyl (C=O) groups excluding carboxylic acids is 1. The Kier molecular flexibility index (Phi) is 4.65. The quantitative estimate of drug-likeness (QED) is 0.870. The third-order valence-corrected chi connectivity index (χ3v) is 5.09. The van der Waals surface area contributed by atoms with Gasteiger partial charge in [0.15, 0.2) is 0 Å². The van der Waals surface area contributed by atoms with Crippen molar-refractivity contribution in [2.24, 2.45) is 0 Å². The summed E-state index contributed by atoms with van der Waals surface area (Å²) in [6.45, 7) is 5.51. The third-order valence-electron chi connectivity index (χ3n) is 4.88. The van der Waals surface area contributed by atoms with Crippen LogP contribution in [0, 0.1) is 11.3 Å². The molecule has 1 aromatic heterocycles. The van der Waals surface area contributed by atoms with E-state index in [0.29, 0.717) is 17.9 Å². The van der Waals surface area contributed by atoms with Crippen molar-refractivity contribution in [2.75, 3.05) is 0 Å². The van der Waals surface area contributed by atoms with Gasteiger partial charge in [0.25, 0.3) is 0 Å². The van der Waals surface area contributed by atoms with Crippen LogP contribution >= 0.6 is 11.6 Å². The minimum absolute atomic E-state index is 0.102. The fraction of sp³-hybridized carbons (Fsp3) is 0.611. The molecule has 2 bridgehead atoms. The Bertz CT molecular complexity index is 696. The van der Waals surface area contributed by atoms with E-state index < -0.39 is 17.1 Å². The van der Waals surface area contributed by atoms with Crippen LogP contribution < -0.4 is 5.43 Å². The molecular weight excluding hydrogens is 340 g/mol. The van der Waals surface area contributed by atoms with Crippen LogP contribution in [0.25, 0.3) is 0 Å². The standard InChI is InChI=1S/C18H23ClN4O2/c1-17(2,3)25-16(24)22-23-14-4-5-15(23)8-18(7-14,11-20)12-6-13(19)10-21-9-12/h6,9-10,14-15H,4-5,7-8H2,1-3H3,(H,22,24). The normalized spacial score (nSPS) is 29.1. The molecule has 2 unspecified atom stereocenters. The van der Waals surface area contributed by atoms with Gasteiger partial charge in [-0.05, 0) is 58.1 Å². The van der Waals surface area contributed by atoms with Gasteiger partial charge in [-0.15, -0.1) is 0 Å². The van der Waals surface area contributed by atoms with E-state index in [-0.39, 0.29) is 12.1 Å². The molecule has 134 valence electrons. The molecule has 2 fully saturated rings. The number of halogens is 1. The number of hydrazine groups is 1. The molecule has 7 heteroatoms. The Morgan fingerprint density at radius 1 is 1.40 bits per heavy atom. The molecule has 25 heavy (non-hydrogen) atoms. The van der Waals surface area contributed by atoms with Gasteiger partial charge in [0.1, 0.15) is 5.60 Å². The van der Waals surface area contributed by atoms with Gasteiger partial charge in [-0.3, -0.25) is 10.4 Å². The molecule has 3 rings (SSSR count). The number of aromatic nitrogens is 1. The summed E-state index contributed by atoms with van der Waals surface area (Å²) in [6.07, 6.45) is 6.01. The van der Waals surface area contributed by atoms with Gasteiger partial charge < -0.3 is 4.74 Å². The zero-order chi connectivity index (χ0) is 18.2. The Morgan fingerprint density at radius 3 is 2.56 bits per heavy atom. The summed E-state index contributed by atoms with van der Waals surface area (Å²) in [5, 5.41) is 12.4. The van der Waals surface area contributed by atoms with Gasteiger partial charge in [-0.2, -0.15) is 5.26 Å². The van der Waals surface area contributed by atoms with Gasteiger partial charge in [-0.25, -0.2) is 9.80 Å². The van der Waals surface area contributed by atoms with Crippen molar-refractivity contribution >= 4 is 17.7 Å². The summed E-state index contributed by atoms with van der Waals surface area (Å²) in [4.78, 5) is 16.3. The first kappa shape index (κ1) is 18.0. The van der Waals surface area contributed by atoms with Crippen molar-refractivity contribution in [1.82, 2.24) is 15.4 Å². The maximum absolute atomic E-state index is 12.1. The average molecular weight is 363 g/mol. The maximum atomic E-state index is 12.1. The molecule has 2 aliphatic rings. The molecule has 2 atom stereocenters. The van der Waals surface area contributed by atoms with E-state index in [1.54, 1.807) is 12.4 Å². The summed E-state index contributed by atoms with van der Waals surface area (Å²) >= 11 is 6.07. The summed E-state index contributed by atoms with van der Waals surface area (Å²) in [6, 6.07) is 4.54. The number of carbonyl (C=O) groups is 1. The van der Waals surface area contributed by atoms with Crippen LogP contribution in [0.15, 0.2) is 18.5 Å². The van der Waals surface area contributed by atoms with Crippen LogP contribution in [0.2, 0.25) is 5.02 Å². The largest absolute Gasteiger partial charge is 0.443 e. The van der Waals surface area contributed by atoms with Crippen LogP contribution in [-0.2, 0) is 10.2 Å². The highest BCUT2D eigenvalue weighted by atomic mass is 35.5. The number of piperidine rings is 1. The molecule has 0 spiro atoms. The summed E-state index contributed by atoms with van der Waals surface area (Å²) < 4.78 is 5.36. The molecule has 1 amide bonds. The second-order valence-corrected chi connectivity index (χ2v) is 8.34. The lowest BCUT2D eigenvalue weighted by Gasteiger charge is -2.43. The number of hydrogen-bond donors (Lipinski definition) is 1. The number of ether oxygens (including phenoxy) is 1. The zero-order valence-corrected chi connectivity index (χ0v) is 15.5. The highest BCUT2D eigenvalue weighted by molar-refractivity contribution is 6.30. The Balaban J connectivity index is 1.77. The average Bonchev–Trinajstić information content (AvgIpc) is 2.76. The van der Waals surface area contributed by atoms with Gasteiger partial charge in [-0.1, -0.05) is 11.6 Å². The summed E-state index contributed by atoms with van der Waals surface area (Å²) in [5.74, 6) is 0. The highest BCUT2D eigenvalue weighted by Crippen LogP contribution is 2.46. The Labute approximate surface area is 153 Å². The van der Waals surface area contributed by atoms with Gasteiger partial charge in [0.05, 0.1) is 16.5 Å². The van der Waals surface area contributed by atoms with Crippen molar-refractivity contribution in [3.8, 4) is 6.07 Å². The number of nitriles is 1. The SMILES string of the molecule is CC(C)(C)OC(=O)NN1C2CCC1CC(C#N)(c1cncc(Cl)c1)C2. The maximum Gasteiger partial charge on any atom is 0.422 e. The molecule has 1 aromatic rings. The van der Waals surface area contributed by atoms with Crippen molar-refractivity contribution in [1.29, 1.82) is 5.26 Å². The van der Waals surface area contributed by atoms with E-state index in [1.165, 1.54) is 0 Å². The van der Waals surface area contributed by atoms with E-state index in [4.69, 9.17) is 16.3 Å². The third kappa shape index (κ3) is 3.73. The van der Waals surface area contributed by atoms with Crippen molar-refractivity contribution in [2.45, 2.75) is 69.6 Å². The number of pyridine rings is 1. The van der Waals surface area contributed by atoms with Crippen LogP contribution in [-0.4, -0.2) is 33.8 Å². The van der Waals surface area contributed by atoms with Crippen molar-refractivity contribution in [3.05, 3.63) is 29.0 Å². The number of hydrogen-bond acceptors (Lipinski definition) is 5. The van der Waals surface area contributed by atoms with Crippen molar-refractivity contribution < 1.29 is 9.53 Å². The summed E-state index contributed by atoms with van der Waals surface area (Å²) in [5.41, 5.74) is 2.59. The second-order valence-electron chi connectivity index (χ2n) is 7.90.